The second-order valence-electron chi connectivity index (χ2n) is 8.26. The van der Waals surface area contributed by atoms with Crippen LogP contribution in [0.4, 0.5) is 0 Å². The molecule has 3 aromatic heterocycles. The summed E-state index contributed by atoms with van der Waals surface area (Å²) in [6.07, 6.45) is 5.97. The lowest BCUT2D eigenvalue weighted by molar-refractivity contribution is 0.276. The number of hydrogen-bond donors (Lipinski definition) is 2. The summed E-state index contributed by atoms with van der Waals surface area (Å²) in [5, 5.41) is 4.45. The van der Waals surface area contributed by atoms with Crippen LogP contribution in [0.25, 0.3) is 23.4 Å². The third-order valence-corrected chi connectivity index (χ3v) is 5.98. The molecule has 0 aliphatic carbocycles. The minimum atomic E-state index is -4.37. The Morgan fingerprint density at radius 3 is 2.59 bits per heavy atom. The number of benzene rings is 2. The topological polar surface area (TPSA) is 142 Å². The molecule has 2 N–H and O–H groups in total. The van der Waals surface area contributed by atoms with E-state index in [1.54, 1.807) is 41.4 Å². The Morgan fingerprint density at radius 2 is 1.85 bits per heavy atom. The van der Waals surface area contributed by atoms with Crippen molar-refractivity contribution in [1.82, 2.24) is 14.8 Å². The largest absolute Gasteiger partial charge is 0.493 e. The number of para-hydroxylation sites is 1. The monoisotopic (exact) mass is 549 g/mol. The van der Waals surface area contributed by atoms with Gasteiger partial charge in [0.05, 0.1) is 24.6 Å². The molecule has 0 bridgehead atoms. The first-order chi connectivity index (χ1) is 18.9. The molecule has 0 saturated heterocycles. The van der Waals surface area contributed by atoms with Gasteiger partial charge in [-0.05, 0) is 48.0 Å². The number of oxazole rings is 1. The number of rotatable bonds is 11. The fraction of sp³-hybridized carbons (Fsp3) is 0.111. The van der Waals surface area contributed by atoms with E-state index in [2.05, 4.69) is 10.1 Å². The van der Waals surface area contributed by atoms with Crippen LogP contribution in [0.1, 0.15) is 16.8 Å². The molecule has 39 heavy (non-hydrogen) atoms. The summed E-state index contributed by atoms with van der Waals surface area (Å²) in [5.74, 6) is 2.90. The van der Waals surface area contributed by atoms with Gasteiger partial charge in [0, 0.05) is 12.0 Å². The zero-order chi connectivity index (χ0) is 27.2. The van der Waals surface area contributed by atoms with E-state index < -0.39 is 7.60 Å². The molecule has 11 nitrogen and oxygen atoms in total. The fourth-order valence-corrected chi connectivity index (χ4v) is 3.95. The van der Waals surface area contributed by atoms with Gasteiger partial charge in [-0.3, -0.25) is 4.57 Å². The van der Waals surface area contributed by atoms with Gasteiger partial charge in [-0.25, -0.2) is 9.67 Å². The summed E-state index contributed by atoms with van der Waals surface area (Å²) >= 11 is 0. The fourth-order valence-electron chi connectivity index (χ4n) is 3.60. The molecular weight excluding hydrogens is 525 g/mol. The smallest absolute Gasteiger partial charge is 0.349 e. The molecule has 200 valence electrons. The van der Waals surface area contributed by atoms with Crippen molar-refractivity contribution >= 4 is 13.7 Å². The Kier molecular flexibility index (Phi) is 7.64. The van der Waals surface area contributed by atoms with Crippen molar-refractivity contribution < 1.29 is 37.4 Å². The first kappa shape index (κ1) is 26.1. The molecule has 5 aromatic rings. The highest BCUT2D eigenvalue weighted by molar-refractivity contribution is 7.55. The second kappa shape index (κ2) is 11.4. The summed E-state index contributed by atoms with van der Waals surface area (Å²) < 4.78 is 41.0. The van der Waals surface area contributed by atoms with E-state index in [4.69, 9.17) is 23.0 Å². The molecule has 0 aliphatic rings. The first-order valence-electron chi connectivity index (χ1n) is 11.7. The Bertz CT molecular complexity index is 1600. The summed E-state index contributed by atoms with van der Waals surface area (Å²) in [4.78, 5) is 22.9. The van der Waals surface area contributed by atoms with Crippen LogP contribution in [0.15, 0.2) is 94.0 Å². The average Bonchev–Trinajstić information content (AvgIpc) is 3.71. The van der Waals surface area contributed by atoms with E-state index >= 15 is 0 Å². The Balaban J connectivity index is 1.28. The molecule has 0 unspecified atom stereocenters. The summed E-state index contributed by atoms with van der Waals surface area (Å²) in [7, 11) is -2.83. The van der Waals surface area contributed by atoms with Crippen LogP contribution in [0.5, 0.6) is 17.4 Å². The van der Waals surface area contributed by atoms with Crippen LogP contribution in [-0.4, -0.2) is 31.7 Å². The van der Waals surface area contributed by atoms with Crippen molar-refractivity contribution in [2.45, 2.75) is 13.2 Å². The predicted octanol–water partition coefficient (Wildman–Crippen LogP) is 5.44. The minimum Gasteiger partial charge on any atom is -0.493 e. The van der Waals surface area contributed by atoms with Crippen LogP contribution in [0.3, 0.4) is 0 Å². The van der Waals surface area contributed by atoms with E-state index in [0.29, 0.717) is 34.4 Å². The van der Waals surface area contributed by atoms with Crippen molar-refractivity contribution in [3.63, 3.8) is 0 Å². The molecular formula is C27H24N3O8P. The molecule has 0 spiro atoms. The number of nitrogens with zero attached hydrogens (tertiary/aromatic N) is 3. The molecule has 0 aliphatic heterocycles. The summed E-state index contributed by atoms with van der Waals surface area (Å²) in [5.41, 5.74) is 2.53. The van der Waals surface area contributed by atoms with Gasteiger partial charge in [0.15, 0.2) is 17.3 Å². The van der Waals surface area contributed by atoms with E-state index in [9.17, 15) is 14.4 Å². The lowest BCUT2D eigenvalue weighted by atomic mass is 10.2. The quantitative estimate of drug-likeness (QED) is 0.205. The molecule has 2 aromatic carbocycles. The number of methoxy groups -OCH3 is 1. The number of ether oxygens (including phenoxy) is 3. The van der Waals surface area contributed by atoms with Gasteiger partial charge < -0.3 is 32.8 Å². The zero-order valence-electron chi connectivity index (χ0n) is 20.7. The maximum Gasteiger partial charge on any atom is 0.349 e. The Labute approximate surface area is 223 Å². The third kappa shape index (κ3) is 6.66. The van der Waals surface area contributed by atoms with E-state index in [0.717, 1.165) is 17.1 Å². The van der Waals surface area contributed by atoms with Gasteiger partial charge in [0.1, 0.15) is 25.2 Å². The minimum absolute atomic E-state index is 0.120. The molecule has 0 radical (unpaired) electrons. The number of hydrogen-bond acceptors (Lipinski definition) is 8. The predicted molar refractivity (Wildman–Crippen MR) is 141 cm³/mol. The van der Waals surface area contributed by atoms with Gasteiger partial charge in [0.2, 0.25) is 5.88 Å². The summed E-state index contributed by atoms with van der Waals surface area (Å²) in [6.45, 7) is 0.275. The molecule has 0 saturated carbocycles. The van der Waals surface area contributed by atoms with Crippen LogP contribution in [0, 0.1) is 0 Å². The third-order valence-electron chi connectivity index (χ3n) is 5.44. The van der Waals surface area contributed by atoms with Crippen LogP contribution in [-0.2, 0) is 17.8 Å². The average molecular weight is 549 g/mol. The van der Waals surface area contributed by atoms with Gasteiger partial charge >= 0.3 is 7.60 Å². The van der Waals surface area contributed by atoms with Gasteiger partial charge in [-0.1, -0.05) is 24.3 Å². The van der Waals surface area contributed by atoms with E-state index in [1.807, 2.05) is 36.4 Å². The van der Waals surface area contributed by atoms with Crippen LogP contribution >= 0.6 is 7.60 Å². The molecule has 5 rings (SSSR count). The van der Waals surface area contributed by atoms with Crippen LogP contribution < -0.4 is 14.2 Å². The zero-order valence-corrected chi connectivity index (χ0v) is 21.6. The first-order valence-corrected chi connectivity index (χ1v) is 13.4. The summed E-state index contributed by atoms with van der Waals surface area (Å²) in [6, 6.07) is 18.1. The molecule has 3 heterocycles. The van der Waals surface area contributed by atoms with Gasteiger partial charge in [-0.15, -0.1) is 5.10 Å². The lowest BCUT2D eigenvalue weighted by Crippen LogP contribution is -2.01. The van der Waals surface area contributed by atoms with Gasteiger partial charge in [-0.2, -0.15) is 0 Å². The standard InChI is InChI=1S/C27H24N3O8P/c1-34-25-14-19(9-10-23(25)36-17-21-18-38-27(28-21)24-8-5-12-35-24)16-37-26-20(11-13-39(31,32)33)15-30(29-26)22-6-3-2-4-7-22/h2-15,18H,16-17H2,1H3,(H2,31,32,33)/b13-11+. The number of aromatic nitrogens is 3. The maximum atomic E-state index is 11.4. The second-order valence-corrected chi connectivity index (χ2v) is 9.73. The highest BCUT2D eigenvalue weighted by Gasteiger charge is 2.15. The maximum absolute atomic E-state index is 11.4. The van der Waals surface area contributed by atoms with Crippen molar-refractivity contribution in [2.24, 2.45) is 0 Å². The van der Waals surface area contributed by atoms with Crippen molar-refractivity contribution in [2.75, 3.05) is 7.11 Å². The normalized spacial score (nSPS) is 11.7. The molecule has 0 atom stereocenters. The van der Waals surface area contributed by atoms with Crippen LogP contribution in [0.2, 0.25) is 0 Å². The van der Waals surface area contributed by atoms with Crippen molar-refractivity contribution in [1.29, 1.82) is 0 Å². The lowest BCUT2D eigenvalue weighted by Gasteiger charge is -2.12. The molecule has 12 heteroatoms. The Morgan fingerprint density at radius 1 is 1.00 bits per heavy atom. The number of furan rings is 1. The molecule has 0 amide bonds. The van der Waals surface area contributed by atoms with E-state index in [1.165, 1.54) is 19.4 Å². The van der Waals surface area contributed by atoms with Crippen molar-refractivity contribution in [3.05, 3.63) is 102 Å². The highest BCUT2D eigenvalue weighted by atomic mass is 31.2. The highest BCUT2D eigenvalue weighted by Crippen LogP contribution is 2.38. The SMILES string of the molecule is COc1cc(COc2nn(-c3ccccc3)cc2/C=C/P(=O)(O)O)ccc1OCc1coc(-c2ccco2)n1. The molecule has 0 fully saturated rings. The van der Waals surface area contributed by atoms with Crippen molar-refractivity contribution in [3.8, 4) is 34.7 Å². The Hall–Kier alpha value is -4.57. The van der Waals surface area contributed by atoms with Gasteiger partial charge in [0.25, 0.3) is 5.89 Å². The van der Waals surface area contributed by atoms with E-state index in [-0.39, 0.29) is 19.1 Å².